The van der Waals surface area contributed by atoms with Gasteiger partial charge in [0.2, 0.25) is 5.89 Å². The predicted octanol–water partition coefficient (Wildman–Crippen LogP) is 3.71. The van der Waals surface area contributed by atoms with E-state index in [1.165, 1.54) is 12.1 Å². The summed E-state index contributed by atoms with van der Waals surface area (Å²) in [5.41, 5.74) is 1.65. The number of nitrogens with zero attached hydrogens (tertiary/aromatic N) is 1. The van der Waals surface area contributed by atoms with Gasteiger partial charge in [0.05, 0.1) is 9.13 Å². The first-order valence-corrected chi connectivity index (χ1v) is 7.21. The van der Waals surface area contributed by atoms with Gasteiger partial charge in [-0.25, -0.2) is 9.78 Å². The van der Waals surface area contributed by atoms with Gasteiger partial charge in [-0.05, 0) is 52.9 Å². The molecule has 0 amide bonds. The highest BCUT2D eigenvalue weighted by atomic mass is 127. The van der Waals surface area contributed by atoms with Gasteiger partial charge in [0.15, 0.2) is 12.2 Å². The first-order valence-electron chi connectivity index (χ1n) is 6.13. The molecule has 2 aromatic carbocycles. The number of aromatic carboxylic acids is 1. The second-order valence-electron chi connectivity index (χ2n) is 4.31. The summed E-state index contributed by atoms with van der Waals surface area (Å²) < 4.78 is 12.0. The van der Waals surface area contributed by atoms with Crippen LogP contribution in [0.25, 0.3) is 11.1 Å². The number of fused-ring (bicyclic) bond motifs is 1. The number of hydrogen-bond acceptors (Lipinski definition) is 4. The van der Waals surface area contributed by atoms with Crippen molar-refractivity contribution in [3.63, 3.8) is 0 Å². The number of carbonyl (C=O) groups is 1. The van der Waals surface area contributed by atoms with Crippen molar-refractivity contribution in [2.45, 2.75) is 6.61 Å². The predicted molar refractivity (Wildman–Crippen MR) is 84.5 cm³/mol. The van der Waals surface area contributed by atoms with Crippen LogP contribution in [0.5, 0.6) is 5.75 Å². The third-order valence-electron chi connectivity index (χ3n) is 2.87. The molecule has 0 spiro atoms. The van der Waals surface area contributed by atoms with Crippen molar-refractivity contribution >= 4 is 39.7 Å². The first-order chi connectivity index (χ1) is 10.1. The molecule has 0 aliphatic heterocycles. The lowest BCUT2D eigenvalue weighted by molar-refractivity contribution is 0.0696. The maximum absolute atomic E-state index is 11.0. The molecule has 0 aliphatic rings. The maximum Gasteiger partial charge on any atom is 0.335 e. The number of ether oxygens (including phenoxy) is 1. The summed E-state index contributed by atoms with van der Waals surface area (Å²) in [5.74, 6) is -0.0383. The average molecular weight is 395 g/mol. The van der Waals surface area contributed by atoms with Crippen LogP contribution < -0.4 is 4.74 Å². The van der Waals surface area contributed by atoms with Gasteiger partial charge in [0, 0.05) is 0 Å². The molecule has 0 radical (unpaired) electrons. The van der Waals surface area contributed by atoms with Crippen molar-refractivity contribution in [3.8, 4) is 5.75 Å². The van der Waals surface area contributed by atoms with Crippen molar-refractivity contribution < 1.29 is 19.1 Å². The van der Waals surface area contributed by atoms with E-state index in [2.05, 4.69) is 27.6 Å². The summed E-state index contributed by atoms with van der Waals surface area (Å²) in [6.07, 6.45) is 0. The minimum absolute atomic E-state index is 0.147. The van der Waals surface area contributed by atoms with E-state index in [1.54, 1.807) is 6.07 Å². The van der Waals surface area contributed by atoms with Crippen molar-refractivity contribution in [1.29, 1.82) is 0 Å². The van der Waals surface area contributed by atoms with Crippen molar-refractivity contribution in [1.82, 2.24) is 4.98 Å². The molecule has 3 aromatic rings. The van der Waals surface area contributed by atoms with E-state index in [9.17, 15) is 4.79 Å². The molecule has 3 rings (SSSR count). The summed E-state index contributed by atoms with van der Waals surface area (Å²) in [4.78, 5) is 15.3. The normalized spacial score (nSPS) is 10.7. The zero-order valence-electron chi connectivity index (χ0n) is 10.7. The lowest BCUT2D eigenvalue weighted by Gasteiger charge is -2.07. The number of para-hydroxylation sites is 2. The maximum atomic E-state index is 11.0. The average Bonchev–Trinajstić information content (AvgIpc) is 2.89. The highest BCUT2D eigenvalue weighted by Gasteiger charge is 2.10. The molecule has 1 aromatic heterocycles. The monoisotopic (exact) mass is 395 g/mol. The second-order valence-corrected chi connectivity index (χ2v) is 5.48. The summed E-state index contributed by atoms with van der Waals surface area (Å²) >= 11 is 2.09. The lowest BCUT2D eigenvalue weighted by Crippen LogP contribution is -2.01. The molecule has 0 unspecified atom stereocenters. The van der Waals surface area contributed by atoms with Gasteiger partial charge < -0.3 is 14.3 Å². The van der Waals surface area contributed by atoms with E-state index in [-0.39, 0.29) is 12.2 Å². The van der Waals surface area contributed by atoms with E-state index >= 15 is 0 Å². The smallest absolute Gasteiger partial charge is 0.335 e. The Bertz CT molecular complexity index is 779. The summed E-state index contributed by atoms with van der Waals surface area (Å²) in [5, 5.41) is 8.99. The van der Waals surface area contributed by atoms with E-state index in [0.29, 0.717) is 17.2 Å². The molecule has 5 nitrogen and oxygen atoms in total. The van der Waals surface area contributed by atoms with Crippen LogP contribution in [0.3, 0.4) is 0 Å². The summed E-state index contributed by atoms with van der Waals surface area (Å²) in [6, 6.07) is 12.2. The third kappa shape index (κ3) is 2.99. The number of halogens is 1. The Morgan fingerprint density at radius 1 is 1.29 bits per heavy atom. The molecule has 6 heteroatoms. The van der Waals surface area contributed by atoms with Gasteiger partial charge in [0.1, 0.15) is 11.3 Å². The van der Waals surface area contributed by atoms with Crippen LogP contribution in [0.2, 0.25) is 0 Å². The van der Waals surface area contributed by atoms with Crippen LogP contribution >= 0.6 is 22.6 Å². The molecule has 1 N–H and O–H groups in total. The minimum atomic E-state index is -0.988. The molecular weight excluding hydrogens is 385 g/mol. The van der Waals surface area contributed by atoms with Gasteiger partial charge in [-0.15, -0.1) is 0 Å². The Morgan fingerprint density at radius 2 is 2.10 bits per heavy atom. The molecule has 106 valence electrons. The molecule has 0 aliphatic carbocycles. The number of oxazole rings is 1. The number of carboxylic acid groups (broad SMARTS) is 1. The fourth-order valence-corrected chi connectivity index (χ4v) is 2.36. The van der Waals surface area contributed by atoms with Crippen LogP contribution in [0.15, 0.2) is 46.9 Å². The lowest BCUT2D eigenvalue weighted by atomic mass is 10.2. The Balaban J connectivity index is 1.80. The van der Waals surface area contributed by atoms with Crippen LogP contribution in [0.4, 0.5) is 0 Å². The molecule has 0 fully saturated rings. The highest BCUT2D eigenvalue weighted by Crippen LogP contribution is 2.24. The molecular formula is C15H10INO4. The Morgan fingerprint density at radius 3 is 2.86 bits per heavy atom. The highest BCUT2D eigenvalue weighted by molar-refractivity contribution is 14.1. The van der Waals surface area contributed by atoms with Gasteiger partial charge >= 0.3 is 5.97 Å². The minimum Gasteiger partial charge on any atom is -0.483 e. The second kappa shape index (κ2) is 5.72. The van der Waals surface area contributed by atoms with E-state index in [0.717, 1.165) is 9.09 Å². The Labute approximate surface area is 133 Å². The Hall–Kier alpha value is -2.09. The zero-order valence-corrected chi connectivity index (χ0v) is 12.9. The topological polar surface area (TPSA) is 72.6 Å². The quantitative estimate of drug-likeness (QED) is 0.682. The number of rotatable bonds is 4. The number of benzene rings is 2. The van der Waals surface area contributed by atoms with Crippen LogP contribution in [0, 0.1) is 3.57 Å². The molecule has 21 heavy (non-hydrogen) atoms. The SMILES string of the molecule is O=C(O)c1ccc(I)c(OCc2nc3ccccc3o2)c1. The summed E-state index contributed by atoms with van der Waals surface area (Å²) in [6.45, 7) is 0.147. The van der Waals surface area contributed by atoms with Gasteiger partial charge in [-0.1, -0.05) is 12.1 Å². The number of carboxylic acids is 1. The molecule has 0 bridgehead atoms. The van der Waals surface area contributed by atoms with E-state index < -0.39 is 5.97 Å². The Kier molecular flexibility index (Phi) is 3.78. The largest absolute Gasteiger partial charge is 0.483 e. The van der Waals surface area contributed by atoms with Crippen molar-refractivity contribution in [3.05, 3.63) is 57.5 Å². The van der Waals surface area contributed by atoms with Crippen molar-refractivity contribution in [2.24, 2.45) is 0 Å². The van der Waals surface area contributed by atoms with Gasteiger partial charge in [-0.3, -0.25) is 0 Å². The standard InChI is InChI=1S/C15H10INO4/c16-10-6-5-9(15(18)19)7-13(10)20-8-14-17-11-3-1-2-4-12(11)21-14/h1-7H,8H2,(H,18,19). The van der Waals surface area contributed by atoms with Gasteiger partial charge in [-0.2, -0.15) is 0 Å². The number of aromatic nitrogens is 1. The van der Waals surface area contributed by atoms with Crippen LogP contribution in [0.1, 0.15) is 16.2 Å². The molecule has 0 saturated carbocycles. The van der Waals surface area contributed by atoms with Crippen molar-refractivity contribution in [2.75, 3.05) is 0 Å². The van der Waals surface area contributed by atoms with Gasteiger partial charge in [0.25, 0.3) is 0 Å². The molecule has 1 heterocycles. The van der Waals surface area contributed by atoms with E-state index in [1.807, 2.05) is 24.3 Å². The molecule has 0 saturated heterocycles. The molecule has 0 atom stereocenters. The van der Waals surface area contributed by atoms with Crippen LogP contribution in [-0.4, -0.2) is 16.1 Å². The third-order valence-corrected chi connectivity index (χ3v) is 3.76. The fraction of sp³-hybridized carbons (Fsp3) is 0.0667. The van der Waals surface area contributed by atoms with E-state index in [4.69, 9.17) is 14.3 Å². The number of hydrogen-bond donors (Lipinski definition) is 1. The first kappa shape index (κ1) is 13.9. The van der Waals surface area contributed by atoms with Crippen LogP contribution in [-0.2, 0) is 6.61 Å². The zero-order chi connectivity index (χ0) is 14.8. The fourth-order valence-electron chi connectivity index (χ4n) is 1.87. The summed E-state index contributed by atoms with van der Waals surface area (Å²) in [7, 11) is 0.